The SMILES string of the molecule is CCc1ccc(C2CC(c3nc(C(=O)O)cs3)CN(C(=O)N3CCOCC3)C2)cc1. The van der Waals surface area contributed by atoms with E-state index in [1.165, 1.54) is 22.5 Å². The Morgan fingerprint density at radius 2 is 1.83 bits per heavy atom. The van der Waals surface area contributed by atoms with Crippen LogP contribution >= 0.6 is 11.3 Å². The van der Waals surface area contributed by atoms with E-state index in [-0.39, 0.29) is 23.6 Å². The van der Waals surface area contributed by atoms with Crippen molar-refractivity contribution in [2.45, 2.75) is 31.6 Å². The predicted molar refractivity (Wildman–Crippen MR) is 114 cm³/mol. The van der Waals surface area contributed by atoms with Gasteiger partial charge in [0.1, 0.15) is 0 Å². The molecule has 0 radical (unpaired) electrons. The molecule has 0 aliphatic carbocycles. The highest BCUT2D eigenvalue weighted by molar-refractivity contribution is 7.09. The lowest BCUT2D eigenvalue weighted by Crippen LogP contribution is -2.52. The van der Waals surface area contributed by atoms with E-state index in [1.807, 2.05) is 9.80 Å². The molecule has 0 spiro atoms. The molecule has 8 heteroatoms. The van der Waals surface area contributed by atoms with Crippen molar-refractivity contribution in [2.75, 3.05) is 39.4 Å². The van der Waals surface area contributed by atoms with Crippen LogP contribution in [0.4, 0.5) is 4.79 Å². The van der Waals surface area contributed by atoms with Crippen molar-refractivity contribution in [3.05, 3.63) is 51.5 Å². The second-order valence-electron chi connectivity index (χ2n) is 7.89. The van der Waals surface area contributed by atoms with Crippen LogP contribution in [0.2, 0.25) is 0 Å². The first-order valence-electron chi connectivity index (χ1n) is 10.4. The molecule has 2 aliphatic heterocycles. The first-order valence-corrected chi connectivity index (χ1v) is 11.3. The Labute approximate surface area is 180 Å². The van der Waals surface area contributed by atoms with Gasteiger partial charge in [0.25, 0.3) is 0 Å². The lowest BCUT2D eigenvalue weighted by atomic mass is 9.84. The van der Waals surface area contributed by atoms with Gasteiger partial charge in [-0.2, -0.15) is 0 Å². The van der Waals surface area contributed by atoms with Gasteiger partial charge in [-0.3, -0.25) is 0 Å². The van der Waals surface area contributed by atoms with Crippen LogP contribution < -0.4 is 0 Å². The molecule has 2 unspecified atom stereocenters. The molecule has 7 nitrogen and oxygen atoms in total. The Kier molecular flexibility index (Phi) is 6.34. The van der Waals surface area contributed by atoms with Crippen molar-refractivity contribution in [3.63, 3.8) is 0 Å². The molecule has 2 aliphatic rings. The number of ether oxygens (including phenoxy) is 1. The summed E-state index contributed by atoms with van der Waals surface area (Å²) in [4.78, 5) is 32.6. The van der Waals surface area contributed by atoms with Gasteiger partial charge >= 0.3 is 12.0 Å². The monoisotopic (exact) mass is 429 g/mol. The highest BCUT2D eigenvalue weighted by Gasteiger charge is 2.35. The number of carboxylic acids is 1. The number of aromatic nitrogens is 1. The number of amides is 2. The normalized spacial score (nSPS) is 22.2. The number of likely N-dealkylation sites (tertiary alicyclic amines) is 1. The standard InChI is InChI=1S/C22H27N3O4S/c1-2-15-3-5-16(6-4-15)17-11-18(20-23-19(14-30-20)21(26)27)13-25(12-17)22(28)24-7-9-29-10-8-24/h3-6,14,17-18H,2,7-13H2,1H3,(H,26,27). The van der Waals surface area contributed by atoms with Gasteiger partial charge in [-0.25, -0.2) is 14.6 Å². The van der Waals surface area contributed by atoms with Crippen LogP contribution in [0.3, 0.4) is 0 Å². The number of carbonyl (C=O) groups is 2. The number of thiazole rings is 1. The molecule has 3 heterocycles. The highest BCUT2D eigenvalue weighted by Crippen LogP contribution is 2.37. The topological polar surface area (TPSA) is 83.0 Å². The molecule has 1 aromatic carbocycles. The van der Waals surface area contributed by atoms with Crippen LogP contribution in [0.15, 0.2) is 29.6 Å². The van der Waals surface area contributed by atoms with Crippen molar-refractivity contribution in [2.24, 2.45) is 0 Å². The Morgan fingerprint density at radius 1 is 1.13 bits per heavy atom. The molecule has 1 aromatic heterocycles. The number of piperidine rings is 1. The van der Waals surface area contributed by atoms with E-state index < -0.39 is 5.97 Å². The van der Waals surface area contributed by atoms with E-state index in [1.54, 1.807) is 5.38 Å². The molecule has 1 N–H and O–H groups in total. The van der Waals surface area contributed by atoms with E-state index in [0.29, 0.717) is 39.4 Å². The van der Waals surface area contributed by atoms with E-state index >= 15 is 0 Å². The number of hydrogen-bond donors (Lipinski definition) is 1. The summed E-state index contributed by atoms with van der Waals surface area (Å²) in [6.07, 6.45) is 1.84. The number of morpholine rings is 1. The van der Waals surface area contributed by atoms with Gasteiger partial charge < -0.3 is 19.6 Å². The average Bonchev–Trinajstić information content (AvgIpc) is 3.30. The molecule has 2 saturated heterocycles. The van der Waals surface area contributed by atoms with Gasteiger partial charge in [0, 0.05) is 43.4 Å². The fourth-order valence-electron chi connectivity index (χ4n) is 4.23. The zero-order valence-electron chi connectivity index (χ0n) is 17.1. The smallest absolute Gasteiger partial charge is 0.355 e. The van der Waals surface area contributed by atoms with Crippen LogP contribution in [-0.4, -0.2) is 71.3 Å². The maximum absolute atomic E-state index is 13.2. The number of carboxylic acid groups (broad SMARTS) is 1. The van der Waals surface area contributed by atoms with Gasteiger partial charge in [-0.1, -0.05) is 31.2 Å². The number of benzene rings is 1. The Bertz CT molecular complexity index is 892. The van der Waals surface area contributed by atoms with Gasteiger partial charge in [0.15, 0.2) is 5.69 Å². The van der Waals surface area contributed by atoms with Gasteiger partial charge in [-0.15, -0.1) is 11.3 Å². The third kappa shape index (κ3) is 4.49. The molecular weight excluding hydrogens is 402 g/mol. The number of aromatic carboxylic acids is 1. The zero-order chi connectivity index (χ0) is 21.1. The highest BCUT2D eigenvalue weighted by atomic mass is 32.1. The number of hydrogen-bond acceptors (Lipinski definition) is 5. The number of nitrogens with zero attached hydrogens (tertiary/aromatic N) is 3. The summed E-state index contributed by atoms with van der Waals surface area (Å²) in [6, 6.07) is 8.66. The maximum atomic E-state index is 13.2. The van der Waals surface area contributed by atoms with Gasteiger partial charge in [-0.05, 0) is 24.0 Å². The molecule has 160 valence electrons. The van der Waals surface area contributed by atoms with E-state index in [2.05, 4.69) is 36.2 Å². The summed E-state index contributed by atoms with van der Waals surface area (Å²) >= 11 is 1.37. The summed E-state index contributed by atoms with van der Waals surface area (Å²) in [5, 5.41) is 11.6. The van der Waals surface area contributed by atoms with E-state index in [9.17, 15) is 14.7 Å². The van der Waals surface area contributed by atoms with Crippen molar-refractivity contribution >= 4 is 23.3 Å². The summed E-state index contributed by atoms with van der Waals surface area (Å²) < 4.78 is 5.39. The Balaban J connectivity index is 1.59. The summed E-state index contributed by atoms with van der Waals surface area (Å²) in [5.41, 5.74) is 2.58. The molecule has 2 aromatic rings. The molecule has 4 rings (SSSR count). The number of urea groups is 1. The molecule has 2 atom stereocenters. The van der Waals surface area contributed by atoms with Crippen molar-refractivity contribution in [3.8, 4) is 0 Å². The second kappa shape index (κ2) is 9.14. The average molecular weight is 430 g/mol. The van der Waals surface area contributed by atoms with Gasteiger partial charge in [0.2, 0.25) is 0 Å². The molecule has 2 amide bonds. The van der Waals surface area contributed by atoms with Crippen LogP contribution in [0.25, 0.3) is 0 Å². The minimum Gasteiger partial charge on any atom is -0.476 e. The summed E-state index contributed by atoms with van der Waals surface area (Å²) in [6.45, 7) is 5.71. The molecule has 0 bridgehead atoms. The first kappa shape index (κ1) is 20.8. The van der Waals surface area contributed by atoms with E-state index in [4.69, 9.17) is 4.74 Å². The molecule has 2 fully saturated rings. The quantitative estimate of drug-likeness (QED) is 0.805. The molecule has 30 heavy (non-hydrogen) atoms. The van der Waals surface area contributed by atoms with Crippen LogP contribution in [-0.2, 0) is 11.2 Å². The van der Waals surface area contributed by atoms with Crippen molar-refractivity contribution in [1.29, 1.82) is 0 Å². The third-order valence-corrected chi connectivity index (χ3v) is 6.96. The number of aryl methyl sites for hydroxylation is 1. The molecule has 0 saturated carbocycles. The first-order chi connectivity index (χ1) is 14.5. The maximum Gasteiger partial charge on any atom is 0.355 e. The van der Waals surface area contributed by atoms with Crippen LogP contribution in [0.1, 0.15) is 51.8 Å². The largest absolute Gasteiger partial charge is 0.476 e. The predicted octanol–water partition coefficient (Wildman–Crippen LogP) is 3.43. The second-order valence-corrected chi connectivity index (χ2v) is 8.78. The van der Waals surface area contributed by atoms with Gasteiger partial charge in [0.05, 0.1) is 18.2 Å². The minimum atomic E-state index is -1.01. The fourth-order valence-corrected chi connectivity index (χ4v) is 5.13. The fraction of sp³-hybridized carbons (Fsp3) is 0.500. The van der Waals surface area contributed by atoms with Crippen molar-refractivity contribution < 1.29 is 19.4 Å². The summed E-state index contributed by atoms with van der Waals surface area (Å²) in [5.74, 6) is -0.796. The lowest BCUT2D eigenvalue weighted by molar-refractivity contribution is 0.0398. The zero-order valence-corrected chi connectivity index (χ0v) is 17.9. The summed E-state index contributed by atoms with van der Waals surface area (Å²) in [7, 11) is 0. The van der Waals surface area contributed by atoms with E-state index in [0.717, 1.165) is 17.8 Å². The Hall–Kier alpha value is -2.45. The number of carbonyl (C=O) groups excluding carboxylic acids is 1. The van der Waals surface area contributed by atoms with Crippen LogP contribution in [0.5, 0.6) is 0 Å². The van der Waals surface area contributed by atoms with Crippen LogP contribution in [0, 0.1) is 0 Å². The van der Waals surface area contributed by atoms with Crippen molar-refractivity contribution in [1.82, 2.24) is 14.8 Å². The lowest BCUT2D eigenvalue weighted by Gasteiger charge is -2.40. The number of rotatable bonds is 4. The Morgan fingerprint density at radius 3 is 2.47 bits per heavy atom. The minimum absolute atomic E-state index is 0.0256. The third-order valence-electron chi connectivity index (χ3n) is 5.95. The molecular formula is C22H27N3O4S.